The molecule has 2 aromatic carbocycles. The smallest absolute Gasteiger partial charge is 0.344 e. The van der Waals surface area contributed by atoms with Crippen molar-refractivity contribution in [1.82, 2.24) is 0 Å². The molecule has 0 aliphatic carbocycles. The Labute approximate surface area is 153 Å². The number of nitrogens with one attached hydrogen (secondary N) is 1. The number of carbonyl (C=O) groups excluding carboxylic acids is 1. The van der Waals surface area contributed by atoms with Gasteiger partial charge in [-0.2, -0.15) is 0 Å². The number of methoxy groups -OCH3 is 1. The number of carbonyl (C=O) groups is 1. The van der Waals surface area contributed by atoms with Crippen molar-refractivity contribution in [2.45, 2.75) is 13.0 Å². The first-order valence-electron chi connectivity index (χ1n) is 7.48. The molecule has 0 spiro atoms. The molecule has 0 aliphatic rings. The second-order valence-corrected chi connectivity index (χ2v) is 5.92. The van der Waals surface area contributed by atoms with Crippen molar-refractivity contribution in [3.8, 4) is 0 Å². The lowest BCUT2D eigenvalue weighted by atomic mass is 10.1. The molecule has 1 atom stereocenters. The first-order chi connectivity index (χ1) is 12.2. The van der Waals surface area contributed by atoms with E-state index >= 15 is 0 Å². The van der Waals surface area contributed by atoms with Crippen LogP contribution >= 0.6 is 11.6 Å². The van der Waals surface area contributed by atoms with E-state index in [1.54, 1.807) is 0 Å². The molecule has 2 N–H and O–H groups in total. The molecule has 7 nitrogen and oxygen atoms in total. The van der Waals surface area contributed by atoms with E-state index in [1.807, 2.05) is 0 Å². The van der Waals surface area contributed by atoms with E-state index in [1.165, 1.54) is 31.2 Å². The molecule has 0 saturated carbocycles. The summed E-state index contributed by atoms with van der Waals surface area (Å²) in [5, 5.41) is 24.2. The van der Waals surface area contributed by atoms with Gasteiger partial charge in [0.15, 0.2) is 0 Å². The van der Waals surface area contributed by atoms with Gasteiger partial charge in [0, 0.05) is 17.8 Å². The number of benzene rings is 2. The summed E-state index contributed by atoms with van der Waals surface area (Å²) in [6.07, 6.45) is -1.06. The topological polar surface area (TPSA) is 102 Å². The summed E-state index contributed by atoms with van der Waals surface area (Å²) in [5.74, 6) is -1.49. The SMILES string of the molecule is COC(=O)c1cc(NCC(O)c2ccc(Cl)c(F)c2)cc(C)c1[N+](=O)[O-]. The fourth-order valence-electron chi connectivity index (χ4n) is 2.44. The zero-order valence-electron chi connectivity index (χ0n) is 14.0. The Kier molecular flexibility index (Phi) is 6.12. The third-order valence-corrected chi connectivity index (χ3v) is 4.02. The number of nitrogens with zero attached hydrogens (tertiary/aromatic N) is 1. The van der Waals surface area contributed by atoms with Crippen molar-refractivity contribution in [1.29, 1.82) is 0 Å². The van der Waals surface area contributed by atoms with Gasteiger partial charge in [-0.1, -0.05) is 17.7 Å². The number of ether oxygens (including phenoxy) is 1. The number of hydrogen-bond donors (Lipinski definition) is 2. The lowest BCUT2D eigenvalue weighted by Gasteiger charge is -2.15. The van der Waals surface area contributed by atoms with Crippen molar-refractivity contribution in [2.75, 3.05) is 19.0 Å². The fraction of sp³-hybridized carbons (Fsp3) is 0.235. The van der Waals surface area contributed by atoms with Crippen LogP contribution in [0.2, 0.25) is 5.02 Å². The van der Waals surface area contributed by atoms with Crippen molar-refractivity contribution in [3.05, 3.63) is 68.0 Å². The van der Waals surface area contributed by atoms with Gasteiger partial charge in [-0.3, -0.25) is 10.1 Å². The number of halogens is 2. The Morgan fingerprint density at radius 1 is 1.42 bits per heavy atom. The molecule has 138 valence electrons. The summed E-state index contributed by atoms with van der Waals surface area (Å²) in [7, 11) is 1.13. The normalized spacial score (nSPS) is 11.7. The Morgan fingerprint density at radius 3 is 2.69 bits per heavy atom. The number of aliphatic hydroxyl groups is 1. The van der Waals surface area contributed by atoms with Crippen LogP contribution in [0.15, 0.2) is 30.3 Å². The minimum absolute atomic E-state index is 0.0149. The molecule has 0 aliphatic heterocycles. The average Bonchev–Trinajstić information content (AvgIpc) is 2.60. The van der Waals surface area contributed by atoms with Crippen LogP contribution in [-0.2, 0) is 4.74 Å². The highest BCUT2D eigenvalue weighted by molar-refractivity contribution is 6.30. The zero-order chi connectivity index (χ0) is 19.4. The van der Waals surface area contributed by atoms with Gasteiger partial charge in [0.1, 0.15) is 11.4 Å². The maximum absolute atomic E-state index is 13.5. The summed E-state index contributed by atoms with van der Waals surface area (Å²) in [4.78, 5) is 22.3. The summed E-state index contributed by atoms with van der Waals surface area (Å²) >= 11 is 5.61. The highest BCUT2D eigenvalue weighted by Gasteiger charge is 2.24. The number of anilines is 1. The van der Waals surface area contributed by atoms with Crippen molar-refractivity contribution >= 4 is 28.9 Å². The first kappa shape index (κ1) is 19.6. The largest absolute Gasteiger partial charge is 0.465 e. The van der Waals surface area contributed by atoms with E-state index < -0.39 is 22.8 Å². The molecule has 0 bridgehead atoms. The van der Waals surface area contributed by atoms with Crippen LogP contribution in [0.4, 0.5) is 15.8 Å². The monoisotopic (exact) mass is 382 g/mol. The average molecular weight is 383 g/mol. The Balaban J connectivity index is 2.23. The molecule has 26 heavy (non-hydrogen) atoms. The number of esters is 1. The van der Waals surface area contributed by atoms with Crippen LogP contribution in [-0.4, -0.2) is 29.7 Å². The summed E-state index contributed by atoms with van der Waals surface area (Å²) in [6, 6.07) is 6.68. The van der Waals surface area contributed by atoms with Crippen LogP contribution in [0.25, 0.3) is 0 Å². The Bertz CT molecular complexity index is 859. The zero-order valence-corrected chi connectivity index (χ0v) is 14.7. The third kappa shape index (κ3) is 4.27. The molecule has 0 saturated heterocycles. The molecule has 0 heterocycles. The van der Waals surface area contributed by atoms with Gasteiger partial charge < -0.3 is 15.2 Å². The number of rotatable bonds is 6. The second-order valence-electron chi connectivity index (χ2n) is 5.51. The minimum Gasteiger partial charge on any atom is -0.465 e. The van der Waals surface area contributed by atoms with E-state index in [-0.39, 0.29) is 28.4 Å². The third-order valence-electron chi connectivity index (χ3n) is 3.72. The van der Waals surface area contributed by atoms with Gasteiger partial charge in [0.2, 0.25) is 0 Å². The summed E-state index contributed by atoms with van der Waals surface area (Å²) in [6.45, 7) is 1.47. The first-order valence-corrected chi connectivity index (χ1v) is 7.86. The molecule has 0 radical (unpaired) electrons. The van der Waals surface area contributed by atoms with Crippen molar-refractivity contribution in [2.24, 2.45) is 0 Å². The molecule has 2 rings (SSSR count). The number of nitro groups is 1. The van der Waals surface area contributed by atoms with E-state index in [9.17, 15) is 24.4 Å². The van der Waals surface area contributed by atoms with Crippen LogP contribution in [0, 0.1) is 22.9 Å². The molecule has 0 fully saturated rings. The molecule has 0 amide bonds. The van der Waals surface area contributed by atoms with Gasteiger partial charge in [0.25, 0.3) is 5.69 Å². The number of aryl methyl sites for hydroxylation is 1. The van der Waals surface area contributed by atoms with Crippen LogP contribution in [0.3, 0.4) is 0 Å². The molecule has 0 aromatic heterocycles. The summed E-state index contributed by atoms with van der Waals surface area (Å²) in [5.41, 5.74) is 0.399. The second kappa shape index (κ2) is 8.11. The lowest BCUT2D eigenvalue weighted by molar-refractivity contribution is -0.385. The molecule has 2 aromatic rings. The van der Waals surface area contributed by atoms with Gasteiger partial charge in [-0.15, -0.1) is 0 Å². The van der Waals surface area contributed by atoms with Crippen molar-refractivity contribution < 1.29 is 24.0 Å². The highest BCUT2D eigenvalue weighted by atomic mass is 35.5. The van der Waals surface area contributed by atoms with Gasteiger partial charge in [-0.05, 0) is 36.8 Å². The quantitative estimate of drug-likeness (QED) is 0.449. The van der Waals surface area contributed by atoms with Gasteiger partial charge in [-0.25, -0.2) is 9.18 Å². The van der Waals surface area contributed by atoms with Gasteiger partial charge in [0.05, 0.1) is 23.2 Å². The number of hydrogen-bond acceptors (Lipinski definition) is 6. The standard InChI is InChI=1S/C17H16ClFN2O5/c1-9-5-11(7-12(17(23)26-2)16(9)21(24)25)20-8-15(22)10-3-4-13(18)14(19)6-10/h3-7,15,20,22H,8H2,1-2H3. The van der Waals surface area contributed by atoms with Gasteiger partial charge >= 0.3 is 5.97 Å². The minimum atomic E-state index is -1.06. The van der Waals surface area contributed by atoms with Crippen LogP contribution in [0.5, 0.6) is 0 Å². The summed E-state index contributed by atoms with van der Waals surface area (Å²) < 4.78 is 18.1. The van der Waals surface area contributed by atoms with E-state index in [4.69, 9.17) is 11.6 Å². The van der Waals surface area contributed by atoms with Crippen molar-refractivity contribution in [3.63, 3.8) is 0 Å². The fourth-order valence-corrected chi connectivity index (χ4v) is 2.56. The van der Waals surface area contributed by atoms with E-state index in [2.05, 4.69) is 10.1 Å². The van der Waals surface area contributed by atoms with E-state index in [0.717, 1.165) is 13.2 Å². The van der Waals surface area contributed by atoms with Crippen LogP contribution in [0.1, 0.15) is 27.6 Å². The number of aliphatic hydroxyl groups excluding tert-OH is 1. The Hall–Kier alpha value is -2.71. The van der Waals surface area contributed by atoms with E-state index in [0.29, 0.717) is 11.3 Å². The molecular weight excluding hydrogens is 367 g/mol. The highest BCUT2D eigenvalue weighted by Crippen LogP contribution is 2.29. The predicted molar refractivity (Wildman–Crippen MR) is 94.0 cm³/mol. The maximum Gasteiger partial charge on any atom is 0.344 e. The molecule has 9 heteroatoms. The predicted octanol–water partition coefficient (Wildman–Crippen LogP) is 3.63. The molecular formula is C17H16ClFN2O5. The maximum atomic E-state index is 13.5. The Morgan fingerprint density at radius 2 is 2.12 bits per heavy atom. The van der Waals surface area contributed by atoms with Crippen LogP contribution < -0.4 is 5.32 Å². The number of nitro benzene ring substituents is 1. The lowest BCUT2D eigenvalue weighted by Crippen LogP contribution is -2.14. The molecule has 1 unspecified atom stereocenters.